The van der Waals surface area contributed by atoms with Gasteiger partial charge in [-0.3, -0.25) is 19.3 Å². The number of hydrogen-bond acceptors (Lipinski definition) is 5. The quantitative estimate of drug-likeness (QED) is 0.256. The van der Waals surface area contributed by atoms with Crippen LogP contribution >= 0.6 is 11.6 Å². The molecule has 0 fully saturated rings. The molecule has 2 rings (SSSR count). The van der Waals surface area contributed by atoms with E-state index >= 15 is 0 Å². The van der Waals surface area contributed by atoms with E-state index in [0.29, 0.717) is 0 Å². The van der Waals surface area contributed by atoms with Gasteiger partial charge in [0.1, 0.15) is 12.6 Å². The Morgan fingerprint density at radius 2 is 1.77 bits per heavy atom. The predicted octanol–water partition coefficient (Wildman–Crippen LogP) is 1.72. The number of benzene rings is 1. The van der Waals surface area contributed by atoms with Gasteiger partial charge in [-0.2, -0.15) is 0 Å². The normalized spacial score (nSPS) is 15.5. The fourth-order valence-electron chi connectivity index (χ4n) is 2.66. The lowest BCUT2D eigenvalue weighted by atomic mass is 10.0. The van der Waals surface area contributed by atoms with Crippen molar-refractivity contribution in [2.24, 2.45) is 5.92 Å². The van der Waals surface area contributed by atoms with Crippen molar-refractivity contribution in [2.75, 3.05) is 6.61 Å². The maximum atomic E-state index is 12.6. The number of carbonyl (C=O) groups excluding carboxylic acids is 4. The van der Waals surface area contributed by atoms with Crippen molar-refractivity contribution >= 4 is 35.3 Å². The van der Waals surface area contributed by atoms with Crippen LogP contribution in [-0.4, -0.2) is 46.7 Å². The third kappa shape index (κ3) is 3.77. The summed E-state index contributed by atoms with van der Waals surface area (Å²) in [5, 5.41) is 2.29. The van der Waals surface area contributed by atoms with E-state index in [4.69, 9.17) is 16.3 Å². The number of rotatable bonds is 7. The van der Waals surface area contributed by atoms with Crippen LogP contribution in [0.25, 0.3) is 0 Å². The predicted molar refractivity (Wildman–Crippen MR) is 94.5 cm³/mol. The molecule has 0 radical (unpaired) electrons. The van der Waals surface area contributed by atoms with Crippen molar-refractivity contribution in [1.29, 1.82) is 0 Å². The van der Waals surface area contributed by atoms with E-state index in [-0.39, 0.29) is 17.7 Å². The molecule has 138 valence electrons. The summed E-state index contributed by atoms with van der Waals surface area (Å²) in [7, 11) is 0. The third-order valence-electron chi connectivity index (χ3n) is 3.82. The van der Waals surface area contributed by atoms with E-state index in [9.17, 15) is 19.2 Å². The lowest BCUT2D eigenvalue weighted by Gasteiger charge is -2.28. The summed E-state index contributed by atoms with van der Waals surface area (Å²) in [6, 6.07) is 5.23. The Labute approximate surface area is 155 Å². The van der Waals surface area contributed by atoms with Gasteiger partial charge in [-0.1, -0.05) is 50.2 Å². The molecular formula is C18H19ClN2O5. The lowest BCUT2D eigenvalue weighted by molar-refractivity contribution is -0.144. The van der Waals surface area contributed by atoms with Gasteiger partial charge in [0.05, 0.1) is 11.1 Å². The second kappa shape index (κ2) is 8.14. The maximum absolute atomic E-state index is 12.6. The van der Waals surface area contributed by atoms with Crippen molar-refractivity contribution in [2.45, 2.75) is 25.4 Å². The fourth-order valence-corrected chi connectivity index (χ4v) is 2.83. The number of ether oxygens (including phenoxy) is 1. The number of imide groups is 1. The number of amides is 3. The average molecular weight is 379 g/mol. The number of fused-ring (bicyclic) bond motifs is 1. The highest BCUT2D eigenvalue weighted by molar-refractivity contribution is 6.30. The molecule has 0 saturated heterocycles. The molecule has 0 aromatic heterocycles. The zero-order valence-electron chi connectivity index (χ0n) is 14.4. The zero-order valence-corrected chi connectivity index (χ0v) is 15.2. The smallest absolute Gasteiger partial charge is 0.344 e. The van der Waals surface area contributed by atoms with Gasteiger partial charge < -0.3 is 10.1 Å². The number of hydrogen-bond donors (Lipinski definition) is 1. The van der Waals surface area contributed by atoms with Crippen molar-refractivity contribution in [3.05, 3.63) is 48.0 Å². The molecule has 1 aromatic rings. The Hall–Kier alpha value is -2.67. The summed E-state index contributed by atoms with van der Waals surface area (Å²) in [6.07, 6.45) is 1.36. The lowest BCUT2D eigenvalue weighted by Crippen LogP contribution is -2.54. The van der Waals surface area contributed by atoms with Crippen LogP contribution in [0.3, 0.4) is 0 Å². The highest BCUT2D eigenvalue weighted by atomic mass is 35.5. The van der Waals surface area contributed by atoms with Crippen LogP contribution in [-0.2, 0) is 14.3 Å². The molecule has 0 saturated carbocycles. The van der Waals surface area contributed by atoms with E-state index in [1.165, 1.54) is 18.2 Å². The zero-order chi connectivity index (χ0) is 19.4. The molecule has 1 N–H and O–H groups in total. The van der Waals surface area contributed by atoms with Gasteiger partial charge in [-0.15, -0.1) is 0 Å². The van der Waals surface area contributed by atoms with Crippen LogP contribution in [0, 0.1) is 5.92 Å². The Morgan fingerprint density at radius 3 is 2.23 bits per heavy atom. The number of carbonyl (C=O) groups is 4. The average Bonchev–Trinajstić information content (AvgIpc) is 2.85. The van der Waals surface area contributed by atoms with E-state index in [1.54, 1.807) is 26.0 Å². The summed E-state index contributed by atoms with van der Waals surface area (Å²) in [5.74, 6) is -3.08. The van der Waals surface area contributed by atoms with Crippen LogP contribution in [0.15, 0.2) is 36.9 Å². The van der Waals surface area contributed by atoms with Crippen LogP contribution in [0.2, 0.25) is 0 Å². The van der Waals surface area contributed by atoms with Crippen molar-refractivity contribution < 1.29 is 23.9 Å². The Kier molecular flexibility index (Phi) is 6.15. The Balaban J connectivity index is 2.20. The summed E-state index contributed by atoms with van der Waals surface area (Å²) in [6.45, 7) is 6.73. The SMILES string of the molecule is C=CCOC(=O)C(Cl)NC(=O)[C@H](C(C)C)N1C(=O)c2ccccc2C1=O. The minimum Gasteiger partial charge on any atom is -0.459 e. The van der Waals surface area contributed by atoms with E-state index < -0.39 is 41.2 Å². The van der Waals surface area contributed by atoms with Gasteiger partial charge in [0.15, 0.2) is 0 Å². The molecule has 1 aromatic carbocycles. The fraction of sp³-hybridized carbons (Fsp3) is 0.333. The first kappa shape index (κ1) is 19.7. The number of halogens is 1. The first-order valence-electron chi connectivity index (χ1n) is 7.98. The van der Waals surface area contributed by atoms with Gasteiger partial charge in [0.25, 0.3) is 11.8 Å². The molecule has 1 unspecified atom stereocenters. The third-order valence-corrected chi connectivity index (χ3v) is 4.11. The molecule has 0 aliphatic carbocycles. The molecular weight excluding hydrogens is 360 g/mol. The standard InChI is InChI=1S/C18H19ClN2O5/c1-4-9-26-18(25)14(19)20-15(22)13(10(2)3)21-16(23)11-7-5-6-8-12(11)17(21)24/h4-8,10,13-14H,1,9H2,2-3H3,(H,20,22)/t13-,14?/m0/s1. The van der Waals surface area contributed by atoms with Crippen LogP contribution in [0.4, 0.5) is 0 Å². The molecule has 7 nitrogen and oxygen atoms in total. The molecule has 3 amide bonds. The Bertz CT molecular complexity index is 727. The maximum Gasteiger partial charge on any atom is 0.344 e. The minimum absolute atomic E-state index is 0.0516. The summed E-state index contributed by atoms with van der Waals surface area (Å²) in [5.41, 5.74) is -0.966. The highest BCUT2D eigenvalue weighted by Gasteiger charge is 2.44. The molecule has 1 aliphatic rings. The van der Waals surface area contributed by atoms with Gasteiger partial charge in [-0.05, 0) is 18.1 Å². The second-order valence-electron chi connectivity index (χ2n) is 6.00. The molecule has 1 aliphatic heterocycles. The van der Waals surface area contributed by atoms with Gasteiger partial charge in [-0.25, -0.2) is 4.79 Å². The van der Waals surface area contributed by atoms with E-state index in [0.717, 1.165) is 4.90 Å². The first-order valence-corrected chi connectivity index (χ1v) is 8.42. The number of esters is 1. The molecule has 0 spiro atoms. The summed E-state index contributed by atoms with van der Waals surface area (Å²) >= 11 is 5.85. The van der Waals surface area contributed by atoms with Crippen molar-refractivity contribution in [3.63, 3.8) is 0 Å². The van der Waals surface area contributed by atoms with Gasteiger partial charge >= 0.3 is 5.97 Å². The monoisotopic (exact) mass is 378 g/mol. The summed E-state index contributed by atoms with van der Waals surface area (Å²) < 4.78 is 4.76. The second-order valence-corrected chi connectivity index (χ2v) is 6.44. The van der Waals surface area contributed by atoms with Crippen LogP contribution in [0.1, 0.15) is 34.6 Å². The van der Waals surface area contributed by atoms with Crippen molar-refractivity contribution in [3.8, 4) is 0 Å². The summed E-state index contributed by atoms with van der Waals surface area (Å²) in [4.78, 5) is 50.4. The van der Waals surface area contributed by atoms with Crippen LogP contribution in [0.5, 0.6) is 0 Å². The molecule has 26 heavy (non-hydrogen) atoms. The number of nitrogens with zero attached hydrogens (tertiary/aromatic N) is 1. The number of alkyl halides is 1. The van der Waals surface area contributed by atoms with Crippen molar-refractivity contribution in [1.82, 2.24) is 10.2 Å². The van der Waals surface area contributed by atoms with E-state index in [1.807, 2.05) is 0 Å². The van der Waals surface area contributed by atoms with Gasteiger partial charge in [0.2, 0.25) is 11.4 Å². The molecule has 2 atom stereocenters. The molecule has 0 bridgehead atoms. The highest BCUT2D eigenvalue weighted by Crippen LogP contribution is 2.27. The molecule has 8 heteroatoms. The van der Waals surface area contributed by atoms with E-state index in [2.05, 4.69) is 11.9 Å². The minimum atomic E-state index is -1.45. The Morgan fingerprint density at radius 1 is 1.23 bits per heavy atom. The first-order chi connectivity index (χ1) is 12.3. The topological polar surface area (TPSA) is 92.8 Å². The largest absolute Gasteiger partial charge is 0.459 e. The number of nitrogens with one attached hydrogen (secondary N) is 1. The molecule has 1 heterocycles. The van der Waals surface area contributed by atoms with Crippen LogP contribution < -0.4 is 5.32 Å². The van der Waals surface area contributed by atoms with Gasteiger partial charge in [0, 0.05) is 0 Å².